The molecule has 3 aromatic carbocycles. The van der Waals surface area contributed by atoms with E-state index in [0.717, 1.165) is 4.31 Å². The molecule has 2 fully saturated rings. The summed E-state index contributed by atoms with van der Waals surface area (Å²) in [4.78, 5) is 27.8. The third-order valence-corrected chi connectivity index (χ3v) is 10.8. The average molecular weight is 664 g/mol. The monoisotopic (exact) mass is 662 g/mol. The van der Waals surface area contributed by atoms with Crippen LogP contribution in [-0.2, 0) is 24.3 Å². The fourth-order valence-corrected chi connectivity index (χ4v) is 7.89. The van der Waals surface area contributed by atoms with Crippen molar-refractivity contribution in [3.8, 4) is 0 Å². The molecule has 1 heterocycles. The maximum absolute atomic E-state index is 15.2. The number of ether oxygens (including phenoxy) is 1. The summed E-state index contributed by atoms with van der Waals surface area (Å²) in [6.45, 7) is 3.43. The first kappa shape index (κ1) is 32.2. The molecule has 5 rings (SSSR count). The van der Waals surface area contributed by atoms with Gasteiger partial charge in [0.25, 0.3) is 5.91 Å². The zero-order chi connectivity index (χ0) is 31.8. The third-order valence-electron chi connectivity index (χ3n) is 8.03. The first-order valence-electron chi connectivity index (χ1n) is 14.3. The minimum atomic E-state index is -3.98. The summed E-state index contributed by atoms with van der Waals surface area (Å²) in [6.07, 6.45) is -1.94. The molecular weight excluding hydrogens is 630 g/mol. The number of para-hydroxylation sites is 1. The standard InChI is InChI=1S/C32H33Cl2FN2O6S/c1-19(2)27(18-36(44(41,42)24-14-15-24)26-9-4-3-8-25(26)35)37-30(20-10-12-22(33)13-11-20)31(21-6-5-7-23(34)16-21)43-28(32(37)40)17-29(38)39/h3-13,16,19,24,27-28,30-31H,14-15,17-18H2,1-2H3,(H,38,39)/t27-,28-,30+,31+/m0/s1. The van der Waals surface area contributed by atoms with Crippen molar-refractivity contribution in [2.45, 2.75) is 62.7 Å². The minimum Gasteiger partial charge on any atom is -0.481 e. The number of hydrogen-bond donors (Lipinski definition) is 1. The van der Waals surface area contributed by atoms with Gasteiger partial charge >= 0.3 is 5.97 Å². The topological polar surface area (TPSA) is 104 Å². The van der Waals surface area contributed by atoms with E-state index in [0.29, 0.717) is 34.0 Å². The van der Waals surface area contributed by atoms with Crippen LogP contribution in [-0.4, -0.2) is 54.2 Å². The van der Waals surface area contributed by atoms with E-state index in [-0.39, 0.29) is 18.2 Å². The number of rotatable bonds is 11. The lowest BCUT2D eigenvalue weighted by Crippen LogP contribution is -2.59. The number of carboxylic acids is 1. The molecule has 0 spiro atoms. The summed E-state index contributed by atoms with van der Waals surface area (Å²) in [6, 6.07) is 17.7. The fraction of sp³-hybridized carbons (Fsp3) is 0.375. The Bertz CT molecular complexity index is 1630. The Labute approximate surface area is 266 Å². The number of halogens is 3. The van der Waals surface area contributed by atoms with E-state index in [1.807, 2.05) is 13.8 Å². The van der Waals surface area contributed by atoms with E-state index in [1.54, 1.807) is 54.6 Å². The van der Waals surface area contributed by atoms with E-state index in [9.17, 15) is 23.1 Å². The van der Waals surface area contributed by atoms with Gasteiger partial charge in [-0.3, -0.25) is 13.9 Å². The number of amides is 1. The van der Waals surface area contributed by atoms with Crippen molar-refractivity contribution in [2.24, 2.45) is 5.92 Å². The number of anilines is 1. The molecule has 1 N–H and O–H groups in total. The number of aliphatic carboxylic acids is 1. The summed E-state index contributed by atoms with van der Waals surface area (Å²) >= 11 is 12.6. The molecule has 44 heavy (non-hydrogen) atoms. The molecule has 2 aliphatic rings. The van der Waals surface area contributed by atoms with Gasteiger partial charge in [0.15, 0.2) is 0 Å². The highest BCUT2D eigenvalue weighted by molar-refractivity contribution is 7.93. The van der Waals surface area contributed by atoms with E-state index in [4.69, 9.17) is 27.9 Å². The summed E-state index contributed by atoms with van der Waals surface area (Å²) in [5.41, 5.74) is 1.13. The Morgan fingerprint density at radius 1 is 1.02 bits per heavy atom. The first-order chi connectivity index (χ1) is 20.9. The van der Waals surface area contributed by atoms with Crippen molar-refractivity contribution in [3.05, 3.63) is 99.8 Å². The molecule has 8 nitrogen and oxygen atoms in total. The molecule has 234 valence electrons. The molecule has 1 aliphatic carbocycles. The summed E-state index contributed by atoms with van der Waals surface area (Å²) in [5.74, 6) is -2.89. The average Bonchev–Trinajstić information content (AvgIpc) is 3.82. The second kappa shape index (κ2) is 13.0. The zero-order valence-electron chi connectivity index (χ0n) is 24.1. The van der Waals surface area contributed by atoms with Crippen LogP contribution >= 0.6 is 23.2 Å². The summed E-state index contributed by atoms with van der Waals surface area (Å²) < 4.78 is 50.2. The SMILES string of the molecule is CC(C)[C@H](CN(c1ccccc1F)S(=O)(=O)C1CC1)N1C(=O)[C@H](CC(=O)O)O[C@H](c2cccc(Cl)c2)[C@H]1c1ccc(Cl)cc1. The largest absolute Gasteiger partial charge is 0.481 e. The van der Waals surface area contributed by atoms with Gasteiger partial charge in [-0.15, -0.1) is 0 Å². The highest BCUT2D eigenvalue weighted by Gasteiger charge is 2.50. The summed E-state index contributed by atoms with van der Waals surface area (Å²) in [7, 11) is -3.98. The predicted octanol–water partition coefficient (Wildman–Crippen LogP) is 6.64. The summed E-state index contributed by atoms with van der Waals surface area (Å²) in [5, 5.41) is 9.95. The number of carboxylic acid groups (broad SMARTS) is 1. The van der Waals surface area contributed by atoms with E-state index < -0.39 is 63.7 Å². The molecule has 0 bridgehead atoms. The van der Waals surface area contributed by atoms with Crippen molar-refractivity contribution in [3.63, 3.8) is 0 Å². The third kappa shape index (κ3) is 6.73. The van der Waals surface area contributed by atoms with Gasteiger partial charge in [-0.1, -0.05) is 73.4 Å². The van der Waals surface area contributed by atoms with Gasteiger partial charge in [-0.25, -0.2) is 12.8 Å². The Hall–Kier alpha value is -3.18. The van der Waals surface area contributed by atoms with Gasteiger partial charge in [0.05, 0.1) is 36.0 Å². The lowest BCUT2D eigenvalue weighted by Gasteiger charge is -2.50. The number of carbonyl (C=O) groups is 2. The van der Waals surface area contributed by atoms with Gasteiger partial charge in [0.2, 0.25) is 10.0 Å². The quantitative estimate of drug-likeness (QED) is 0.247. The molecular formula is C32H33Cl2FN2O6S. The number of hydrogen-bond acceptors (Lipinski definition) is 5. The molecule has 4 atom stereocenters. The number of carbonyl (C=O) groups excluding carboxylic acids is 1. The Morgan fingerprint density at radius 3 is 2.30 bits per heavy atom. The van der Waals surface area contributed by atoms with E-state index in [1.165, 1.54) is 23.1 Å². The van der Waals surface area contributed by atoms with Gasteiger partial charge in [-0.05, 0) is 66.3 Å². The normalized spacial score (nSPS) is 21.4. The lowest BCUT2D eigenvalue weighted by atomic mass is 9.88. The highest BCUT2D eigenvalue weighted by atomic mass is 35.5. The number of morpholine rings is 1. The van der Waals surface area contributed by atoms with Crippen LogP contribution in [0.25, 0.3) is 0 Å². The highest BCUT2D eigenvalue weighted by Crippen LogP contribution is 2.46. The lowest BCUT2D eigenvalue weighted by molar-refractivity contribution is -0.184. The fourth-order valence-electron chi connectivity index (χ4n) is 5.69. The predicted molar refractivity (Wildman–Crippen MR) is 167 cm³/mol. The van der Waals surface area contributed by atoms with Crippen LogP contribution < -0.4 is 4.31 Å². The van der Waals surface area contributed by atoms with Crippen molar-refractivity contribution in [1.29, 1.82) is 0 Å². The van der Waals surface area contributed by atoms with Crippen LogP contribution in [0.5, 0.6) is 0 Å². The number of sulfonamides is 1. The maximum atomic E-state index is 15.2. The minimum absolute atomic E-state index is 0.109. The van der Waals surface area contributed by atoms with Gasteiger partial charge in [-0.2, -0.15) is 0 Å². The van der Waals surface area contributed by atoms with Gasteiger partial charge in [0, 0.05) is 10.0 Å². The van der Waals surface area contributed by atoms with Crippen molar-refractivity contribution in [1.82, 2.24) is 4.90 Å². The van der Waals surface area contributed by atoms with Crippen molar-refractivity contribution in [2.75, 3.05) is 10.8 Å². The molecule has 0 radical (unpaired) electrons. The van der Waals surface area contributed by atoms with E-state index in [2.05, 4.69) is 0 Å². The molecule has 12 heteroatoms. The van der Waals surface area contributed by atoms with Crippen molar-refractivity contribution >= 4 is 50.8 Å². The number of nitrogens with zero attached hydrogens (tertiary/aromatic N) is 2. The molecule has 1 saturated heterocycles. The van der Waals surface area contributed by atoms with Crippen LogP contribution in [0, 0.1) is 11.7 Å². The van der Waals surface area contributed by atoms with Crippen LogP contribution in [0.4, 0.5) is 10.1 Å². The molecule has 1 amide bonds. The molecule has 1 saturated carbocycles. The zero-order valence-corrected chi connectivity index (χ0v) is 26.5. The first-order valence-corrected chi connectivity index (χ1v) is 16.6. The Morgan fingerprint density at radius 2 is 1.70 bits per heavy atom. The maximum Gasteiger partial charge on any atom is 0.306 e. The number of benzene rings is 3. The Kier molecular flexibility index (Phi) is 9.55. The van der Waals surface area contributed by atoms with Crippen LogP contribution in [0.1, 0.15) is 56.4 Å². The van der Waals surface area contributed by atoms with Crippen LogP contribution in [0.15, 0.2) is 72.8 Å². The van der Waals surface area contributed by atoms with Gasteiger partial charge < -0.3 is 14.7 Å². The molecule has 0 unspecified atom stereocenters. The Balaban J connectivity index is 1.69. The van der Waals surface area contributed by atoms with E-state index >= 15 is 4.39 Å². The molecule has 1 aliphatic heterocycles. The molecule has 0 aromatic heterocycles. The van der Waals surface area contributed by atoms with Crippen LogP contribution in [0.2, 0.25) is 10.0 Å². The second-order valence-electron chi connectivity index (χ2n) is 11.5. The smallest absolute Gasteiger partial charge is 0.306 e. The van der Waals surface area contributed by atoms with Crippen LogP contribution in [0.3, 0.4) is 0 Å². The molecule has 3 aromatic rings. The second-order valence-corrected chi connectivity index (χ2v) is 14.5. The van der Waals surface area contributed by atoms with Gasteiger partial charge in [0.1, 0.15) is 18.0 Å². The van der Waals surface area contributed by atoms with Crippen molar-refractivity contribution < 1.29 is 32.2 Å².